The van der Waals surface area contributed by atoms with E-state index in [-0.39, 0.29) is 6.09 Å². The monoisotopic (exact) mass is 330 g/mol. The van der Waals surface area contributed by atoms with Crippen molar-refractivity contribution >= 4 is 11.9 Å². The lowest BCUT2D eigenvalue weighted by Gasteiger charge is -2.34. The standard InChI is InChI=1S/C19H26N2O3/c22-18(17-7-4-8-17)9-10-20-11-13-21(14-12-20)19(23)24-15-16-5-2-1-3-6-16/h1-3,5-6,17H,4,7-15H2. The summed E-state index contributed by atoms with van der Waals surface area (Å²) in [7, 11) is 0. The maximum absolute atomic E-state index is 12.1. The molecular formula is C19H26N2O3. The lowest BCUT2D eigenvalue weighted by atomic mass is 9.81. The molecule has 3 rings (SSSR count). The smallest absolute Gasteiger partial charge is 0.410 e. The van der Waals surface area contributed by atoms with Crippen molar-refractivity contribution in [3.63, 3.8) is 0 Å². The highest BCUT2D eigenvalue weighted by molar-refractivity contribution is 5.81. The van der Waals surface area contributed by atoms with Crippen LogP contribution in [-0.2, 0) is 16.1 Å². The molecule has 2 fully saturated rings. The minimum Gasteiger partial charge on any atom is -0.445 e. The Morgan fingerprint density at radius 1 is 1.04 bits per heavy atom. The molecule has 1 heterocycles. The Balaban J connectivity index is 1.33. The summed E-state index contributed by atoms with van der Waals surface area (Å²) in [4.78, 5) is 28.1. The molecule has 1 amide bonds. The predicted octanol–water partition coefficient (Wildman–Crippen LogP) is 2.70. The highest BCUT2D eigenvalue weighted by Crippen LogP contribution is 2.28. The second-order valence-corrected chi connectivity index (χ2v) is 6.71. The van der Waals surface area contributed by atoms with Crippen molar-refractivity contribution in [2.75, 3.05) is 32.7 Å². The molecule has 5 heteroatoms. The molecule has 1 saturated heterocycles. The second kappa shape index (κ2) is 8.29. The van der Waals surface area contributed by atoms with E-state index in [2.05, 4.69) is 4.90 Å². The van der Waals surface area contributed by atoms with E-state index in [9.17, 15) is 9.59 Å². The normalized spacial score (nSPS) is 18.9. The number of rotatable bonds is 6. The molecule has 130 valence electrons. The third-order valence-electron chi connectivity index (χ3n) is 5.07. The third-order valence-corrected chi connectivity index (χ3v) is 5.07. The Bertz CT molecular complexity index is 549. The van der Waals surface area contributed by atoms with Crippen LogP contribution in [0.4, 0.5) is 4.79 Å². The molecular weight excluding hydrogens is 304 g/mol. The molecule has 5 nitrogen and oxygen atoms in total. The van der Waals surface area contributed by atoms with Crippen LogP contribution in [0, 0.1) is 5.92 Å². The van der Waals surface area contributed by atoms with Gasteiger partial charge in [0.2, 0.25) is 0 Å². The van der Waals surface area contributed by atoms with Gasteiger partial charge in [0.25, 0.3) is 0 Å². The van der Waals surface area contributed by atoms with Gasteiger partial charge in [-0.25, -0.2) is 4.79 Å². The Morgan fingerprint density at radius 2 is 1.75 bits per heavy atom. The largest absolute Gasteiger partial charge is 0.445 e. The van der Waals surface area contributed by atoms with Crippen molar-refractivity contribution < 1.29 is 14.3 Å². The Kier molecular flexibility index (Phi) is 5.86. The summed E-state index contributed by atoms with van der Waals surface area (Å²) < 4.78 is 5.37. The molecule has 0 spiro atoms. The van der Waals surface area contributed by atoms with E-state index in [1.807, 2.05) is 30.3 Å². The number of benzene rings is 1. The van der Waals surface area contributed by atoms with Gasteiger partial charge in [-0.1, -0.05) is 36.8 Å². The van der Waals surface area contributed by atoms with Crippen LogP contribution in [0.5, 0.6) is 0 Å². The molecule has 0 bridgehead atoms. The summed E-state index contributed by atoms with van der Waals surface area (Å²) >= 11 is 0. The van der Waals surface area contributed by atoms with Gasteiger partial charge < -0.3 is 9.64 Å². The zero-order valence-corrected chi connectivity index (χ0v) is 14.2. The minimum absolute atomic E-state index is 0.246. The van der Waals surface area contributed by atoms with E-state index in [0.29, 0.717) is 37.8 Å². The second-order valence-electron chi connectivity index (χ2n) is 6.71. The average Bonchev–Trinajstić information content (AvgIpc) is 2.58. The summed E-state index contributed by atoms with van der Waals surface area (Å²) in [5, 5.41) is 0. The quantitative estimate of drug-likeness (QED) is 0.805. The molecule has 1 aliphatic carbocycles. The van der Waals surface area contributed by atoms with Crippen LogP contribution in [0.15, 0.2) is 30.3 Å². The van der Waals surface area contributed by atoms with Gasteiger partial charge in [-0.05, 0) is 18.4 Å². The number of ether oxygens (including phenoxy) is 1. The summed E-state index contributed by atoms with van der Waals surface area (Å²) in [5.41, 5.74) is 0.999. The molecule has 2 aliphatic rings. The van der Waals surface area contributed by atoms with Crippen LogP contribution < -0.4 is 0 Å². The first kappa shape index (κ1) is 17.0. The first-order valence-electron chi connectivity index (χ1n) is 8.93. The fourth-order valence-corrected chi connectivity index (χ4v) is 3.17. The number of hydrogen-bond acceptors (Lipinski definition) is 4. The number of carbonyl (C=O) groups is 2. The maximum Gasteiger partial charge on any atom is 0.410 e. The lowest BCUT2D eigenvalue weighted by molar-refractivity contribution is -0.125. The summed E-state index contributed by atoms with van der Waals surface area (Å²) in [6, 6.07) is 9.72. The van der Waals surface area contributed by atoms with Crippen molar-refractivity contribution in [1.29, 1.82) is 0 Å². The fraction of sp³-hybridized carbons (Fsp3) is 0.579. The zero-order chi connectivity index (χ0) is 16.8. The fourth-order valence-electron chi connectivity index (χ4n) is 3.17. The van der Waals surface area contributed by atoms with Gasteiger partial charge in [-0.3, -0.25) is 9.69 Å². The molecule has 0 atom stereocenters. The Morgan fingerprint density at radius 3 is 2.38 bits per heavy atom. The maximum atomic E-state index is 12.1. The SMILES string of the molecule is O=C(CCN1CCN(C(=O)OCc2ccccc2)CC1)C1CCC1. The van der Waals surface area contributed by atoms with Gasteiger partial charge in [0.05, 0.1) is 0 Å². The van der Waals surface area contributed by atoms with E-state index in [0.717, 1.165) is 38.0 Å². The summed E-state index contributed by atoms with van der Waals surface area (Å²) in [6.07, 6.45) is 3.78. The molecule has 0 radical (unpaired) electrons. The summed E-state index contributed by atoms with van der Waals surface area (Å²) in [5.74, 6) is 0.755. The molecule has 1 aromatic rings. The summed E-state index contributed by atoms with van der Waals surface area (Å²) in [6.45, 7) is 4.12. The average molecular weight is 330 g/mol. The van der Waals surface area contributed by atoms with Gasteiger partial charge in [0, 0.05) is 45.1 Å². The van der Waals surface area contributed by atoms with Gasteiger partial charge in [-0.15, -0.1) is 0 Å². The number of ketones is 1. The van der Waals surface area contributed by atoms with Crippen LogP contribution in [0.1, 0.15) is 31.2 Å². The molecule has 0 aromatic heterocycles. The molecule has 1 aliphatic heterocycles. The van der Waals surface area contributed by atoms with Crippen molar-refractivity contribution in [3.05, 3.63) is 35.9 Å². The first-order chi connectivity index (χ1) is 11.7. The Labute approximate surface area is 143 Å². The predicted molar refractivity (Wildman–Crippen MR) is 91.6 cm³/mol. The van der Waals surface area contributed by atoms with Crippen molar-refractivity contribution in [2.24, 2.45) is 5.92 Å². The van der Waals surface area contributed by atoms with Gasteiger partial charge in [0.15, 0.2) is 0 Å². The molecule has 1 saturated carbocycles. The number of amides is 1. The molecule has 0 unspecified atom stereocenters. The van der Waals surface area contributed by atoms with Crippen LogP contribution in [0.3, 0.4) is 0 Å². The topological polar surface area (TPSA) is 49.9 Å². The molecule has 1 aromatic carbocycles. The molecule has 0 N–H and O–H groups in total. The van der Waals surface area contributed by atoms with Crippen molar-refractivity contribution in [2.45, 2.75) is 32.3 Å². The number of nitrogens with zero attached hydrogens (tertiary/aromatic N) is 2. The van der Waals surface area contributed by atoms with Crippen LogP contribution >= 0.6 is 0 Å². The van der Waals surface area contributed by atoms with Crippen LogP contribution in [0.25, 0.3) is 0 Å². The first-order valence-corrected chi connectivity index (χ1v) is 8.93. The van der Waals surface area contributed by atoms with Gasteiger partial charge >= 0.3 is 6.09 Å². The zero-order valence-electron chi connectivity index (χ0n) is 14.2. The van der Waals surface area contributed by atoms with Crippen LogP contribution in [-0.4, -0.2) is 54.4 Å². The number of hydrogen-bond donors (Lipinski definition) is 0. The van der Waals surface area contributed by atoms with Crippen molar-refractivity contribution in [3.8, 4) is 0 Å². The number of piperazine rings is 1. The highest BCUT2D eigenvalue weighted by Gasteiger charge is 2.26. The van der Waals surface area contributed by atoms with E-state index >= 15 is 0 Å². The minimum atomic E-state index is -0.246. The Hall–Kier alpha value is -1.88. The van der Waals surface area contributed by atoms with E-state index in [4.69, 9.17) is 4.74 Å². The van der Waals surface area contributed by atoms with E-state index in [1.165, 1.54) is 6.42 Å². The third kappa shape index (κ3) is 4.57. The molecule has 24 heavy (non-hydrogen) atoms. The van der Waals surface area contributed by atoms with Gasteiger partial charge in [-0.2, -0.15) is 0 Å². The van der Waals surface area contributed by atoms with E-state index < -0.39 is 0 Å². The van der Waals surface area contributed by atoms with Crippen molar-refractivity contribution in [1.82, 2.24) is 9.80 Å². The number of carbonyl (C=O) groups excluding carboxylic acids is 2. The van der Waals surface area contributed by atoms with Crippen LogP contribution in [0.2, 0.25) is 0 Å². The number of Topliss-reactive ketones (excluding diaryl/α,β-unsaturated/α-hetero) is 1. The lowest BCUT2D eigenvalue weighted by Crippen LogP contribution is -2.49. The van der Waals surface area contributed by atoms with Gasteiger partial charge in [0.1, 0.15) is 12.4 Å². The highest BCUT2D eigenvalue weighted by atomic mass is 16.6. The van der Waals surface area contributed by atoms with E-state index in [1.54, 1.807) is 4.90 Å².